The molecule has 3 rings (SSSR count). The van der Waals surface area contributed by atoms with Crippen LogP contribution in [0.4, 0.5) is 0 Å². The van der Waals surface area contributed by atoms with Gasteiger partial charge < -0.3 is 19.7 Å². The van der Waals surface area contributed by atoms with Crippen LogP contribution in [0.5, 0.6) is 11.5 Å². The molecule has 1 fully saturated rings. The SMILES string of the molecule is COc1cc(CNCCCN2CCCC2=O)ccc1OCc1ccc(Cl)cc1. The van der Waals surface area contributed by atoms with Crippen molar-refractivity contribution in [3.63, 3.8) is 0 Å². The molecular formula is C22H27ClN2O3. The van der Waals surface area contributed by atoms with Gasteiger partial charge in [-0.2, -0.15) is 0 Å². The lowest BCUT2D eigenvalue weighted by atomic mass is 10.2. The fourth-order valence-electron chi connectivity index (χ4n) is 3.25. The molecule has 1 saturated heterocycles. The molecule has 0 spiro atoms. The average Bonchev–Trinajstić information content (AvgIpc) is 3.12. The van der Waals surface area contributed by atoms with Crippen LogP contribution in [-0.4, -0.2) is 37.6 Å². The molecule has 6 heteroatoms. The monoisotopic (exact) mass is 402 g/mol. The second kappa shape index (κ2) is 10.3. The molecule has 0 aliphatic carbocycles. The van der Waals surface area contributed by atoms with E-state index in [0.29, 0.717) is 29.7 Å². The number of hydrogen-bond donors (Lipinski definition) is 1. The van der Waals surface area contributed by atoms with Crippen molar-refractivity contribution in [1.29, 1.82) is 0 Å². The zero-order valence-electron chi connectivity index (χ0n) is 16.2. The maximum absolute atomic E-state index is 11.6. The first-order chi connectivity index (χ1) is 13.7. The van der Waals surface area contributed by atoms with Gasteiger partial charge in [-0.1, -0.05) is 29.8 Å². The number of nitrogens with one attached hydrogen (secondary N) is 1. The first kappa shape index (κ1) is 20.5. The first-order valence-electron chi connectivity index (χ1n) is 9.68. The quantitative estimate of drug-likeness (QED) is 0.609. The summed E-state index contributed by atoms with van der Waals surface area (Å²) in [6, 6.07) is 13.6. The number of carbonyl (C=O) groups is 1. The normalized spacial score (nSPS) is 13.8. The molecule has 1 aliphatic rings. The first-order valence-corrected chi connectivity index (χ1v) is 10.1. The molecule has 1 amide bonds. The van der Waals surface area contributed by atoms with Gasteiger partial charge in [0.1, 0.15) is 6.61 Å². The number of benzene rings is 2. The molecule has 0 radical (unpaired) electrons. The Kier molecular flexibility index (Phi) is 7.57. The van der Waals surface area contributed by atoms with Crippen LogP contribution < -0.4 is 14.8 Å². The van der Waals surface area contributed by atoms with Crippen LogP contribution in [0.15, 0.2) is 42.5 Å². The summed E-state index contributed by atoms with van der Waals surface area (Å²) in [5.74, 6) is 1.73. The maximum Gasteiger partial charge on any atom is 0.222 e. The lowest BCUT2D eigenvalue weighted by Gasteiger charge is -2.15. The Labute approximate surface area is 171 Å². The topological polar surface area (TPSA) is 50.8 Å². The molecule has 1 heterocycles. The Hall–Kier alpha value is -2.24. The number of likely N-dealkylation sites (tertiary alicyclic amines) is 1. The Morgan fingerprint density at radius 3 is 2.61 bits per heavy atom. The van der Waals surface area contributed by atoms with Crippen LogP contribution in [0.25, 0.3) is 0 Å². The number of rotatable bonds is 10. The average molecular weight is 403 g/mol. The van der Waals surface area contributed by atoms with E-state index in [4.69, 9.17) is 21.1 Å². The van der Waals surface area contributed by atoms with Crippen molar-refractivity contribution in [2.45, 2.75) is 32.4 Å². The smallest absolute Gasteiger partial charge is 0.222 e. The van der Waals surface area contributed by atoms with Gasteiger partial charge in [0.05, 0.1) is 7.11 Å². The second-order valence-electron chi connectivity index (χ2n) is 6.92. The summed E-state index contributed by atoms with van der Waals surface area (Å²) in [4.78, 5) is 13.6. The van der Waals surface area contributed by atoms with E-state index in [-0.39, 0.29) is 0 Å². The van der Waals surface area contributed by atoms with E-state index in [1.165, 1.54) is 0 Å². The molecule has 0 aromatic heterocycles. The van der Waals surface area contributed by atoms with Crippen LogP contribution >= 0.6 is 11.6 Å². The molecule has 2 aromatic rings. The Morgan fingerprint density at radius 1 is 1.11 bits per heavy atom. The molecule has 1 N–H and O–H groups in total. The fourth-order valence-corrected chi connectivity index (χ4v) is 3.38. The van der Waals surface area contributed by atoms with Gasteiger partial charge in [0.25, 0.3) is 0 Å². The fraction of sp³-hybridized carbons (Fsp3) is 0.409. The Balaban J connectivity index is 1.44. The van der Waals surface area contributed by atoms with E-state index in [1.807, 2.05) is 47.4 Å². The summed E-state index contributed by atoms with van der Waals surface area (Å²) >= 11 is 5.91. The second-order valence-corrected chi connectivity index (χ2v) is 7.35. The third-order valence-electron chi connectivity index (χ3n) is 4.82. The van der Waals surface area contributed by atoms with E-state index in [2.05, 4.69) is 5.32 Å². The number of hydrogen-bond acceptors (Lipinski definition) is 4. The highest BCUT2D eigenvalue weighted by molar-refractivity contribution is 6.30. The number of methoxy groups -OCH3 is 1. The lowest BCUT2D eigenvalue weighted by molar-refractivity contribution is -0.127. The standard InChI is InChI=1S/C22H27ClN2O3/c1-27-21-14-18(15-24-11-3-13-25-12-2-4-22(25)26)7-10-20(21)28-16-17-5-8-19(23)9-6-17/h5-10,14,24H,2-4,11-13,15-16H2,1H3. The van der Waals surface area contributed by atoms with E-state index >= 15 is 0 Å². The summed E-state index contributed by atoms with van der Waals surface area (Å²) in [6.45, 7) is 3.84. The minimum absolute atomic E-state index is 0.291. The molecule has 0 atom stereocenters. The van der Waals surface area contributed by atoms with Crippen LogP contribution in [0.2, 0.25) is 5.02 Å². The predicted octanol–water partition coefficient (Wildman–Crippen LogP) is 4.03. The maximum atomic E-state index is 11.6. The Bertz CT molecular complexity index is 780. The van der Waals surface area contributed by atoms with Crippen LogP contribution in [-0.2, 0) is 17.9 Å². The van der Waals surface area contributed by atoms with Crippen molar-refractivity contribution in [3.8, 4) is 11.5 Å². The van der Waals surface area contributed by atoms with Crippen molar-refractivity contribution >= 4 is 17.5 Å². The number of nitrogens with zero attached hydrogens (tertiary/aromatic N) is 1. The van der Waals surface area contributed by atoms with Crippen molar-refractivity contribution < 1.29 is 14.3 Å². The van der Waals surface area contributed by atoms with Crippen LogP contribution in [0, 0.1) is 0 Å². The van der Waals surface area contributed by atoms with Crippen molar-refractivity contribution in [3.05, 3.63) is 58.6 Å². The molecule has 5 nitrogen and oxygen atoms in total. The molecule has 150 valence electrons. The van der Waals surface area contributed by atoms with Gasteiger partial charge in [-0.15, -0.1) is 0 Å². The summed E-state index contributed by atoms with van der Waals surface area (Å²) in [6.07, 6.45) is 2.67. The summed E-state index contributed by atoms with van der Waals surface area (Å²) in [5.41, 5.74) is 2.18. The van der Waals surface area contributed by atoms with Crippen molar-refractivity contribution in [1.82, 2.24) is 10.2 Å². The minimum atomic E-state index is 0.291. The van der Waals surface area contributed by atoms with E-state index in [1.54, 1.807) is 7.11 Å². The van der Waals surface area contributed by atoms with E-state index in [9.17, 15) is 4.79 Å². The highest BCUT2D eigenvalue weighted by atomic mass is 35.5. The van der Waals surface area contributed by atoms with Crippen LogP contribution in [0.3, 0.4) is 0 Å². The largest absolute Gasteiger partial charge is 0.493 e. The van der Waals surface area contributed by atoms with Gasteiger partial charge in [0, 0.05) is 31.1 Å². The van der Waals surface area contributed by atoms with Crippen molar-refractivity contribution in [2.24, 2.45) is 0 Å². The number of ether oxygens (including phenoxy) is 2. The van der Waals surface area contributed by atoms with Crippen LogP contribution in [0.1, 0.15) is 30.4 Å². The molecule has 0 unspecified atom stereocenters. The zero-order valence-corrected chi connectivity index (χ0v) is 17.0. The molecule has 28 heavy (non-hydrogen) atoms. The third-order valence-corrected chi connectivity index (χ3v) is 5.07. The molecule has 0 saturated carbocycles. The molecule has 1 aliphatic heterocycles. The molecule has 0 bridgehead atoms. The van der Waals surface area contributed by atoms with Gasteiger partial charge in [-0.3, -0.25) is 4.79 Å². The highest BCUT2D eigenvalue weighted by Crippen LogP contribution is 2.29. The van der Waals surface area contributed by atoms with Gasteiger partial charge in [0.2, 0.25) is 5.91 Å². The minimum Gasteiger partial charge on any atom is -0.493 e. The van der Waals surface area contributed by atoms with E-state index in [0.717, 1.165) is 55.9 Å². The highest BCUT2D eigenvalue weighted by Gasteiger charge is 2.18. The predicted molar refractivity (Wildman–Crippen MR) is 111 cm³/mol. The molecule has 2 aromatic carbocycles. The molecular weight excluding hydrogens is 376 g/mol. The number of carbonyl (C=O) groups excluding carboxylic acids is 1. The lowest BCUT2D eigenvalue weighted by Crippen LogP contribution is -2.28. The van der Waals surface area contributed by atoms with Gasteiger partial charge in [-0.25, -0.2) is 0 Å². The summed E-state index contributed by atoms with van der Waals surface area (Å²) < 4.78 is 11.4. The van der Waals surface area contributed by atoms with Gasteiger partial charge >= 0.3 is 0 Å². The zero-order chi connectivity index (χ0) is 19.8. The number of halogens is 1. The van der Waals surface area contributed by atoms with Gasteiger partial charge in [0.15, 0.2) is 11.5 Å². The summed E-state index contributed by atoms with van der Waals surface area (Å²) in [5, 5.41) is 4.14. The van der Waals surface area contributed by atoms with Crippen molar-refractivity contribution in [2.75, 3.05) is 26.7 Å². The summed E-state index contributed by atoms with van der Waals surface area (Å²) in [7, 11) is 1.65. The van der Waals surface area contributed by atoms with Gasteiger partial charge in [-0.05, 0) is 54.8 Å². The van der Waals surface area contributed by atoms with E-state index < -0.39 is 0 Å². The Morgan fingerprint density at radius 2 is 1.89 bits per heavy atom. The number of amides is 1. The third kappa shape index (κ3) is 5.88.